The predicted molar refractivity (Wildman–Crippen MR) is 108 cm³/mol. The Bertz CT molecular complexity index is 903. The van der Waals surface area contributed by atoms with Crippen molar-refractivity contribution in [3.05, 3.63) is 52.5 Å². The van der Waals surface area contributed by atoms with Gasteiger partial charge in [0.1, 0.15) is 0 Å². The highest BCUT2D eigenvalue weighted by Crippen LogP contribution is 2.38. The molecule has 3 rings (SSSR count). The molecule has 2 amide bonds. The SMILES string of the molecule is CCOC(=O)c1ccccc1NC(=O)CC1Sc2ccc(Br)cc2NC1=O. The van der Waals surface area contributed by atoms with E-state index in [9.17, 15) is 14.4 Å². The van der Waals surface area contributed by atoms with Crippen LogP contribution in [-0.4, -0.2) is 29.6 Å². The highest BCUT2D eigenvalue weighted by Gasteiger charge is 2.29. The lowest BCUT2D eigenvalue weighted by molar-refractivity contribution is -0.120. The molecule has 0 saturated carbocycles. The number of nitrogens with one attached hydrogen (secondary N) is 2. The van der Waals surface area contributed by atoms with E-state index in [1.807, 2.05) is 18.2 Å². The van der Waals surface area contributed by atoms with Gasteiger partial charge in [0.2, 0.25) is 11.8 Å². The summed E-state index contributed by atoms with van der Waals surface area (Å²) in [6.45, 7) is 1.96. The number of esters is 1. The largest absolute Gasteiger partial charge is 0.462 e. The van der Waals surface area contributed by atoms with Crippen molar-refractivity contribution in [2.45, 2.75) is 23.5 Å². The monoisotopic (exact) mass is 448 g/mol. The average molecular weight is 449 g/mol. The van der Waals surface area contributed by atoms with E-state index in [0.29, 0.717) is 5.69 Å². The van der Waals surface area contributed by atoms with Crippen molar-refractivity contribution in [2.75, 3.05) is 17.2 Å². The number of carbonyl (C=O) groups excluding carboxylic acids is 3. The van der Waals surface area contributed by atoms with Crippen LogP contribution in [0.5, 0.6) is 0 Å². The second-order valence-electron chi connectivity index (χ2n) is 5.75. The second-order valence-corrected chi connectivity index (χ2v) is 7.91. The lowest BCUT2D eigenvalue weighted by Crippen LogP contribution is -2.32. The average Bonchev–Trinajstić information content (AvgIpc) is 2.63. The molecule has 1 atom stereocenters. The number of halogens is 1. The molecule has 8 heteroatoms. The molecule has 0 fully saturated rings. The number of hydrogen-bond donors (Lipinski definition) is 2. The summed E-state index contributed by atoms with van der Waals surface area (Å²) >= 11 is 4.72. The zero-order chi connectivity index (χ0) is 19.4. The van der Waals surface area contributed by atoms with E-state index >= 15 is 0 Å². The van der Waals surface area contributed by atoms with Crippen molar-refractivity contribution in [1.29, 1.82) is 0 Å². The molecule has 2 aromatic rings. The lowest BCUT2D eigenvalue weighted by Gasteiger charge is -2.24. The van der Waals surface area contributed by atoms with E-state index in [1.54, 1.807) is 31.2 Å². The van der Waals surface area contributed by atoms with Gasteiger partial charge in [-0.2, -0.15) is 0 Å². The molecule has 1 aliphatic heterocycles. The van der Waals surface area contributed by atoms with Crippen molar-refractivity contribution in [3.8, 4) is 0 Å². The van der Waals surface area contributed by atoms with Crippen molar-refractivity contribution in [2.24, 2.45) is 0 Å². The maximum atomic E-state index is 12.5. The van der Waals surface area contributed by atoms with Crippen molar-refractivity contribution in [3.63, 3.8) is 0 Å². The van der Waals surface area contributed by atoms with Gasteiger partial charge < -0.3 is 15.4 Å². The summed E-state index contributed by atoms with van der Waals surface area (Å²) in [6, 6.07) is 12.2. The number of ether oxygens (including phenoxy) is 1. The minimum atomic E-state index is -0.548. The molecule has 0 aromatic heterocycles. The molecular formula is C19H17BrN2O4S. The van der Waals surface area contributed by atoms with Crippen LogP contribution in [0.4, 0.5) is 11.4 Å². The molecule has 6 nitrogen and oxygen atoms in total. The Labute approximate surface area is 169 Å². The molecule has 1 aliphatic rings. The number of benzene rings is 2. The van der Waals surface area contributed by atoms with Crippen molar-refractivity contribution in [1.82, 2.24) is 0 Å². The van der Waals surface area contributed by atoms with Gasteiger partial charge in [-0.05, 0) is 37.3 Å². The first-order valence-corrected chi connectivity index (χ1v) is 9.98. The molecule has 1 heterocycles. The first-order valence-electron chi connectivity index (χ1n) is 8.31. The van der Waals surface area contributed by atoms with E-state index in [-0.39, 0.29) is 30.4 Å². The summed E-state index contributed by atoms with van der Waals surface area (Å²) in [5.74, 6) is -1.07. The standard InChI is InChI=1S/C19H17BrN2O4S/c1-2-26-19(25)12-5-3-4-6-13(12)21-17(23)10-16-18(24)22-14-9-11(20)7-8-15(14)27-16/h3-9,16H,2,10H2,1H3,(H,21,23)(H,22,24). The second kappa shape index (κ2) is 8.58. The first-order chi connectivity index (χ1) is 13.0. The van der Waals surface area contributed by atoms with Gasteiger partial charge in [-0.1, -0.05) is 28.1 Å². The van der Waals surface area contributed by atoms with Gasteiger partial charge in [0.15, 0.2) is 0 Å². The number of thioether (sulfide) groups is 1. The van der Waals surface area contributed by atoms with Crippen LogP contribution in [0, 0.1) is 0 Å². The Morgan fingerprint density at radius 2 is 2.04 bits per heavy atom. The summed E-state index contributed by atoms with van der Waals surface area (Å²) in [6.07, 6.45) is -0.0108. The topological polar surface area (TPSA) is 84.5 Å². The van der Waals surface area contributed by atoms with Gasteiger partial charge in [-0.3, -0.25) is 9.59 Å². The Morgan fingerprint density at radius 1 is 1.26 bits per heavy atom. The van der Waals surface area contributed by atoms with Gasteiger partial charge in [-0.15, -0.1) is 11.8 Å². The normalized spacial score (nSPS) is 15.5. The Kier molecular flexibility index (Phi) is 6.18. The molecule has 2 aromatic carbocycles. The van der Waals surface area contributed by atoms with E-state index in [2.05, 4.69) is 26.6 Å². The maximum Gasteiger partial charge on any atom is 0.340 e. The third-order valence-corrected chi connectivity index (χ3v) is 5.60. The van der Waals surface area contributed by atoms with Crippen LogP contribution in [0.25, 0.3) is 0 Å². The number of para-hydroxylation sites is 1. The van der Waals surface area contributed by atoms with Crippen LogP contribution >= 0.6 is 27.7 Å². The van der Waals surface area contributed by atoms with Gasteiger partial charge in [0, 0.05) is 15.8 Å². The smallest absolute Gasteiger partial charge is 0.340 e. The first kappa shape index (κ1) is 19.4. The molecular weight excluding hydrogens is 432 g/mol. The molecule has 27 heavy (non-hydrogen) atoms. The highest BCUT2D eigenvalue weighted by atomic mass is 79.9. The van der Waals surface area contributed by atoms with Crippen LogP contribution in [0.2, 0.25) is 0 Å². The number of amides is 2. The van der Waals surface area contributed by atoms with Gasteiger partial charge in [-0.25, -0.2) is 4.79 Å². The summed E-state index contributed by atoms with van der Waals surface area (Å²) in [4.78, 5) is 37.7. The predicted octanol–water partition coefficient (Wildman–Crippen LogP) is 4.07. The Morgan fingerprint density at radius 3 is 2.81 bits per heavy atom. The van der Waals surface area contributed by atoms with E-state index in [4.69, 9.17) is 4.74 Å². The third kappa shape index (κ3) is 4.70. The van der Waals surface area contributed by atoms with Gasteiger partial charge >= 0.3 is 5.97 Å². The minimum Gasteiger partial charge on any atom is -0.462 e. The highest BCUT2D eigenvalue weighted by molar-refractivity contribution is 9.10. The number of anilines is 2. The van der Waals surface area contributed by atoms with Crippen LogP contribution in [0.3, 0.4) is 0 Å². The molecule has 0 radical (unpaired) electrons. The Balaban J connectivity index is 1.69. The fourth-order valence-corrected chi connectivity index (χ4v) is 4.06. The zero-order valence-electron chi connectivity index (χ0n) is 14.5. The molecule has 0 aliphatic carbocycles. The molecule has 0 saturated heterocycles. The van der Waals surface area contributed by atoms with Crippen LogP contribution < -0.4 is 10.6 Å². The van der Waals surface area contributed by atoms with Crippen LogP contribution in [0.1, 0.15) is 23.7 Å². The summed E-state index contributed by atoms with van der Waals surface area (Å²) < 4.78 is 5.87. The molecule has 1 unspecified atom stereocenters. The van der Waals surface area contributed by atoms with E-state index in [0.717, 1.165) is 15.1 Å². The molecule has 2 N–H and O–H groups in total. The fraction of sp³-hybridized carbons (Fsp3) is 0.211. The summed E-state index contributed by atoms with van der Waals surface area (Å²) in [5, 5.41) is 4.98. The molecule has 0 bridgehead atoms. The number of carbonyl (C=O) groups is 3. The minimum absolute atomic E-state index is 0.0108. The number of rotatable bonds is 5. The summed E-state index contributed by atoms with van der Waals surface area (Å²) in [5.41, 5.74) is 1.37. The number of hydrogen-bond acceptors (Lipinski definition) is 5. The maximum absolute atomic E-state index is 12.5. The molecule has 0 spiro atoms. The van der Waals surface area contributed by atoms with Crippen molar-refractivity contribution >= 4 is 56.9 Å². The van der Waals surface area contributed by atoms with Crippen LogP contribution in [0.15, 0.2) is 51.8 Å². The van der Waals surface area contributed by atoms with Gasteiger partial charge in [0.05, 0.1) is 28.8 Å². The lowest BCUT2D eigenvalue weighted by atomic mass is 10.1. The van der Waals surface area contributed by atoms with E-state index < -0.39 is 11.2 Å². The van der Waals surface area contributed by atoms with E-state index in [1.165, 1.54) is 11.8 Å². The Hall–Kier alpha value is -2.32. The summed E-state index contributed by atoms with van der Waals surface area (Å²) in [7, 11) is 0. The zero-order valence-corrected chi connectivity index (χ0v) is 16.9. The van der Waals surface area contributed by atoms with Crippen molar-refractivity contribution < 1.29 is 19.1 Å². The molecule has 140 valence electrons. The van der Waals surface area contributed by atoms with Gasteiger partial charge in [0.25, 0.3) is 0 Å². The quantitative estimate of drug-likeness (QED) is 0.673. The fourth-order valence-electron chi connectivity index (χ4n) is 2.61. The third-order valence-electron chi connectivity index (χ3n) is 3.83. The van der Waals surface area contributed by atoms with Crippen LogP contribution in [-0.2, 0) is 14.3 Å². The number of fused-ring (bicyclic) bond motifs is 1.